The van der Waals surface area contributed by atoms with Gasteiger partial charge < -0.3 is 19.9 Å². The van der Waals surface area contributed by atoms with Crippen molar-refractivity contribution in [2.75, 3.05) is 26.2 Å². The fraction of sp³-hybridized carbons (Fsp3) is 0.382. The number of nitrogens with zero attached hydrogens (tertiary/aromatic N) is 2. The number of rotatable bonds is 10. The number of alkyl carbamates (subject to hydrolysis) is 1. The van der Waals surface area contributed by atoms with Crippen LogP contribution in [0, 0.1) is 5.92 Å². The summed E-state index contributed by atoms with van der Waals surface area (Å²) in [6, 6.07) is 18.9. The van der Waals surface area contributed by atoms with Crippen LogP contribution in [0.4, 0.5) is 4.79 Å². The molecule has 6 rings (SSSR count). The van der Waals surface area contributed by atoms with E-state index < -0.39 is 34.6 Å². The van der Waals surface area contributed by atoms with Gasteiger partial charge >= 0.3 is 6.09 Å². The third-order valence-corrected chi connectivity index (χ3v) is 11.2. The summed E-state index contributed by atoms with van der Waals surface area (Å²) in [5.74, 6) is -0.589. The van der Waals surface area contributed by atoms with Crippen molar-refractivity contribution in [2.24, 2.45) is 5.92 Å². The SMILES string of the molecule is CC(C)C[C@H](NC(=O)OCC1c2ccccc2-c2ccccc21)C(=O)N1C[C@@H]2C[C@H]1CN2C(=O)CNS(=O)(=O)c1ccc(Cl)cc1Cl. The molecule has 2 N–H and O–H groups in total. The summed E-state index contributed by atoms with van der Waals surface area (Å²) in [4.78, 5) is 43.1. The average molecular weight is 700 g/mol. The quantitative estimate of drug-likeness (QED) is 0.306. The Morgan fingerprint density at radius 3 is 2.13 bits per heavy atom. The standard InChI is InChI=1S/C34H36Cl2N4O6S/c1-20(2)13-30(38-34(43)46-19-28-26-9-5-3-7-24(26)25-8-4-6-10-27(25)28)33(42)40-18-22-15-23(40)17-39(22)32(41)16-37-47(44,45)31-12-11-21(35)14-29(31)36/h3-12,14,20,22-23,28,30,37H,13,15-19H2,1-2H3,(H,38,43)/t22-,23-,30-/m0/s1. The maximum absolute atomic E-state index is 13.8. The van der Waals surface area contributed by atoms with E-state index in [0.29, 0.717) is 24.4 Å². The van der Waals surface area contributed by atoms with E-state index in [1.807, 2.05) is 50.2 Å². The first-order chi connectivity index (χ1) is 22.4. The molecule has 0 spiro atoms. The molecule has 3 aromatic carbocycles. The summed E-state index contributed by atoms with van der Waals surface area (Å²) in [6.45, 7) is 4.23. The molecule has 0 unspecified atom stereocenters. The van der Waals surface area contributed by atoms with Crippen LogP contribution in [0.25, 0.3) is 11.1 Å². The molecule has 248 valence electrons. The zero-order valence-corrected chi connectivity index (χ0v) is 28.3. The maximum atomic E-state index is 13.8. The Balaban J connectivity index is 1.04. The maximum Gasteiger partial charge on any atom is 0.407 e. The normalized spacial score (nSPS) is 19.1. The van der Waals surface area contributed by atoms with Gasteiger partial charge in [0.1, 0.15) is 17.5 Å². The van der Waals surface area contributed by atoms with E-state index in [1.54, 1.807) is 9.80 Å². The van der Waals surface area contributed by atoms with Gasteiger partial charge in [0.05, 0.1) is 23.7 Å². The van der Waals surface area contributed by atoms with Crippen LogP contribution in [0.2, 0.25) is 10.0 Å². The molecule has 3 atom stereocenters. The molecule has 0 radical (unpaired) electrons. The second-order valence-electron chi connectivity index (χ2n) is 12.6. The van der Waals surface area contributed by atoms with E-state index in [1.165, 1.54) is 18.2 Å². The molecule has 2 fully saturated rings. The number of hydrogen-bond donors (Lipinski definition) is 2. The van der Waals surface area contributed by atoms with Crippen LogP contribution in [-0.4, -0.2) is 80.5 Å². The Morgan fingerprint density at radius 2 is 1.53 bits per heavy atom. The van der Waals surface area contributed by atoms with E-state index in [2.05, 4.69) is 22.2 Å². The molecule has 3 aliphatic rings. The average Bonchev–Trinajstić information content (AvgIpc) is 3.73. The summed E-state index contributed by atoms with van der Waals surface area (Å²) in [6.07, 6.45) is 0.348. The Bertz CT molecular complexity index is 1770. The van der Waals surface area contributed by atoms with Crippen LogP contribution in [0.3, 0.4) is 0 Å². The predicted octanol–water partition coefficient (Wildman–Crippen LogP) is 5.04. The molecule has 2 aliphatic heterocycles. The van der Waals surface area contributed by atoms with Crippen LogP contribution in [-0.2, 0) is 24.3 Å². The number of likely N-dealkylation sites (tertiary alicyclic amines) is 2. The lowest BCUT2D eigenvalue weighted by molar-refractivity contribution is -0.140. The smallest absolute Gasteiger partial charge is 0.407 e. The van der Waals surface area contributed by atoms with Crippen molar-refractivity contribution in [3.63, 3.8) is 0 Å². The number of benzene rings is 3. The lowest BCUT2D eigenvalue weighted by Crippen LogP contribution is -2.57. The molecule has 1 aliphatic carbocycles. The minimum Gasteiger partial charge on any atom is -0.449 e. The zero-order valence-electron chi connectivity index (χ0n) is 26.0. The Labute approximate surface area is 284 Å². The number of fused-ring (bicyclic) bond motifs is 5. The highest BCUT2D eigenvalue weighted by Gasteiger charge is 2.48. The summed E-state index contributed by atoms with van der Waals surface area (Å²) in [7, 11) is -4.05. The number of piperazine rings is 1. The minimum atomic E-state index is -4.05. The van der Waals surface area contributed by atoms with Crippen molar-refractivity contribution in [3.8, 4) is 11.1 Å². The van der Waals surface area contributed by atoms with Gasteiger partial charge in [-0.3, -0.25) is 9.59 Å². The lowest BCUT2D eigenvalue weighted by atomic mass is 9.98. The van der Waals surface area contributed by atoms with Gasteiger partial charge in [-0.25, -0.2) is 17.9 Å². The monoisotopic (exact) mass is 698 g/mol. The van der Waals surface area contributed by atoms with Crippen LogP contribution >= 0.6 is 23.2 Å². The molecule has 2 bridgehead atoms. The van der Waals surface area contributed by atoms with Gasteiger partial charge in [-0.05, 0) is 59.2 Å². The van der Waals surface area contributed by atoms with Crippen molar-refractivity contribution in [2.45, 2.75) is 55.6 Å². The highest BCUT2D eigenvalue weighted by molar-refractivity contribution is 7.89. The van der Waals surface area contributed by atoms with Gasteiger partial charge in [-0.1, -0.05) is 85.6 Å². The summed E-state index contributed by atoms with van der Waals surface area (Å²) in [5, 5.41) is 3.07. The number of amides is 3. The van der Waals surface area contributed by atoms with Gasteiger partial charge in [-0.2, -0.15) is 0 Å². The lowest BCUT2D eigenvalue weighted by Gasteiger charge is -2.36. The third-order valence-electron chi connectivity index (χ3n) is 9.08. The Kier molecular flexibility index (Phi) is 9.53. The summed E-state index contributed by atoms with van der Waals surface area (Å²) < 4.78 is 33.6. The van der Waals surface area contributed by atoms with Gasteiger partial charge in [-0.15, -0.1) is 0 Å². The van der Waals surface area contributed by atoms with Crippen molar-refractivity contribution in [1.29, 1.82) is 0 Å². The van der Waals surface area contributed by atoms with Crippen LogP contribution in [0.15, 0.2) is 71.6 Å². The Hall–Kier alpha value is -3.64. The fourth-order valence-electron chi connectivity index (χ4n) is 6.95. The highest BCUT2D eigenvalue weighted by Crippen LogP contribution is 2.44. The number of carbonyl (C=O) groups excluding carboxylic acids is 3. The van der Waals surface area contributed by atoms with E-state index in [0.717, 1.165) is 22.3 Å². The van der Waals surface area contributed by atoms with Crippen molar-refractivity contribution in [1.82, 2.24) is 19.8 Å². The van der Waals surface area contributed by atoms with Crippen LogP contribution < -0.4 is 10.0 Å². The first kappa shape index (κ1) is 33.3. The second-order valence-corrected chi connectivity index (χ2v) is 15.2. The molecule has 0 saturated carbocycles. The fourth-order valence-corrected chi connectivity index (χ4v) is 8.69. The molecule has 10 nitrogen and oxygen atoms in total. The molecule has 3 amide bonds. The van der Waals surface area contributed by atoms with Gasteiger partial charge in [0.2, 0.25) is 21.8 Å². The van der Waals surface area contributed by atoms with Crippen molar-refractivity contribution < 1.29 is 27.5 Å². The van der Waals surface area contributed by atoms with Gasteiger partial charge in [0, 0.05) is 24.0 Å². The third kappa shape index (κ3) is 6.85. The number of hydrogen-bond acceptors (Lipinski definition) is 6. The number of halogens is 2. The van der Waals surface area contributed by atoms with E-state index in [9.17, 15) is 22.8 Å². The molecule has 2 saturated heterocycles. The van der Waals surface area contributed by atoms with Crippen molar-refractivity contribution >= 4 is 51.1 Å². The van der Waals surface area contributed by atoms with Crippen LogP contribution in [0.1, 0.15) is 43.7 Å². The molecular formula is C34H36Cl2N4O6S. The second kappa shape index (κ2) is 13.5. The molecule has 13 heteroatoms. The number of sulfonamides is 1. The zero-order chi connectivity index (χ0) is 33.5. The van der Waals surface area contributed by atoms with Crippen LogP contribution in [0.5, 0.6) is 0 Å². The molecule has 47 heavy (non-hydrogen) atoms. The van der Waals surface area contributed by atoms with Gasteiger partial charge in [0.15, 0.2) is 0 Å². The van der Waals surface area contributed by atoms with E-state index >= 15 is 0 Å². The van der Waals surface area contributed by atoms with E-state index in [4.69, 9.17) is 27.9 Å². The molecule has 3 aromatic rings. The van der Waals surface area contributed by atoms with Crippen molar-refractivity contribution in [3.05, 3.63) is 87.9 Å². The molecule has 2 heterocycles. The minimum absolute atomic E-state index is 0.0468. The van der Waals surface area contributed by atoms with Gasteiger partial charge in [0.25, 0.3) is 0 Å². The summed E-state index contributed by atoms with van der Waals surface area (Å²) in [5.41, 5.74) is 4.46. The first-order valence-corrected chi connectivity index (χ1v) is 17.8. The predicted molar refractivity (Wildman–Crippen MR) is 179 cm³/mol. The molecular weight excluding hydrogens is 663 g/mol. The number of ether oxygens (including phenoxy) is 1. The summed E-state index contributed by atoms with van der Waals surface area (Å²) >= 11 is 11.9. The Morgan fingerprint density at radius 1 is 0.915 bits per heavy atom. The topological polar surface area (TPSA) is 125 Å². The highest BCUT2D eigenvalue weighted by atomic mass is 35.5. The first-order valence-electron chi connectivity index (χ1n) is 15.6. The largest absolute Gasteiger partial charge is 0.449 e. The number of carbonyl (C=O) groups is 3. The van der Waals surface area contributed by atoms with E-state index in [-0.39, 0.29) is 52.9 Å². The molecule has 0 aromatic heterocycles. The number of nitrogens with one attached hydrogen (secondary N) is 2.